The number of ketones is 1. The molecule has 5 nitrogen and oxygen atoms in total. The Kier molecular flexibility index (Phi) is 6.46. The Hall–Kier alpha value is -3.27. The van der Waals surface area contributed by atoms with Gasteiger partial charge in [0, 0.05) is 24.7 Å². The van der Waals surface area contributed by atoms with Crippen LogP contribution in [0, 0.1) is 29.1 Å². The van der Waals surface area contributed by atoms with Crippen molar-refractivity contribution in [2.75, 3.05) is 0 Å². The summed E-state index contributed by atoms with van der Waals surface area (Å²) in [4.78, 5) is 18.9. The average molecular weight is 425 g/mol. The predicted octanol–water partition coefficient (Wildman–Crippen LogP) is 3.37. The molecule has 30 heavy (non-hydrogen) atoms. The quantitative estimate of drug-likeness (QED) is 0.330. The Morgan fingerprint density at radius 1 is 1.00 bits per heavy atom. The number of nitrogens with zero attached hydrogens (tertiary/aromatic N) is 1. The molecule has 158 valence electrons. The molecule has 1 heterocycles. The van der Waals surface area contributed by atoms with E-state index in [0.29, 0.717) is 12.0 Å². The highest BCUT2D eigenvalue weighted by Crippen LogP contribution is 2.24. The number of rotatable bonds is 8. The summed E-state index contributed by atoms with van der Waals surface area (Å²) in [6.45, 7) is -0.862. The average Bonchev–Trinajstić information content (AvgIpc) is 3.25. The molecule has 3 aromatic rings. The summed E-state index contributed by atoms with van der Waals surface area (Å²) in [5.74, 6) is -10.3. The smallest absolute Gasteiger partial charge is 0.200 e. The van der Waals surface area contributed by atoms with E-state index in [0.717, 1.165) is 5.69 Å². The number of nitrogens with two attached hydrogens (primary N) is 1. The maximum atomic E-state index is 13.7. The van der Waals surface area contributed by atoms with Crippen molar-refractivity contribution in [1.29, 1.82) is 0 Å². The molecule has 0 spiro atoms. The highest BCUT2D eigenvalue weighted by atomic mass is 19.2. The minimum atomic E-state index is -2.23. The van der Waals surface area contributed by atoms with Gasteiger partial charge in [0.05, 0.1) is 17.9 Å². The Morgan fingerprint density at radius 2 is 1.60 bits per heavy atom. The molecule has 1 aromatic heterocycles. The third-order valence-electron chi connectivity index (χ3n) is 4.39. The molecular weight excluding hydrogens is 409 g/mol. The van der Waals surface area contributed by atoms with E-state index in [9.17, 15) is 26.7 Å². The zero-order valence-corrected chi connectivity index (χ0v) is 15.4. The van der Waals surface area contributed by atoms with Gasteiger partial charge in [-0.1, -0.05) is 12.1 Å². The fourth-order valence-electron chi connectivity index (χ4n) is 2.72. The first-order valence-corrected chi connectivity index (χ1v) is 8.75. The van der Waals surface area contributed by atoms with Crippen molar-refractivity contribution < 1.29 is 31.5 Å². The van der Waals surface area contributed by atoms with Gasteiger partial charge in [0.1, 0.15) is 12.4 Å². The second-order valence-electron chi connectivity index (χ2n) is 6.51. The number of carbonyl (C=O) groups excluding carboxylic acids is 1. The number of H-pyrrole nitrogens is 1. The van der Waals surface area contributed by atoms with Crippen LogP contribution in [-0.2, 0) is 24.2 Å². The van der Waals surface area contributed by atoms with Gasteiger partial charge < -0.3 is 15.5 Å². The Balaban J connectivity index is 1.61. The minimum absolute atomic E-state index is 0.0488. The van der Waals surface area contributed by atoms with Crippen LogP contribution in [0.15, 0.2) is 36.8 Å². The van der Waals surface area contributed by atoms with Crippen molar-refractivity contribution in [2.24, 2.45) is 5.73 Å². The Morgan fingerprint density at radius 3 is 2.17 bits per heavy atom. The van der Waals surface area contributed by atoms with Crippen molar-refractivity contribution in [2.45, 2.75) is 25.5 Å². The van der Waals surface area contributed by atoms with E-state index in [2.05, 4.69) is 9.97 Å². The van der Waals surface area contributed by atoms with E-state index in [-0.39, 0.29) is 18.0 Å². The van der Waals surface area contributed by atoms with Crippen LogP contribution in [0.4, 0.5) is 22.0 Å². The maximum Gasteiger partial charge on any atom is 0.200 e. The van der Waals surface area contributed by atoms with E-state index in [1.54, 1.807) is 6.20 Å². The van der Waals surface area contributed by atoms with E-state index in [4.69, 9.17) is 10.5 Å². The highest BCUT2D eigenvalue weighted by Gasteiger charge is 2.26. The number of ether oxygens (including phenoxy) is 1. The largest absolute Gasteiger partial charge is 0.489 e. The highest BCUT2D eigenvalue weighted by molar-refractivity contribution is 5.86. The van der Waals surface area contributed by atoms with E-state index in [1.807, 2.05) is 0 Å². The molecule has 0 radical (unpaired) electrons. The lowest BCUT2D eigenvalue weighted by molar-refractivity contribution is -0.119. The van der Waals surface area contributed by atoms with Crippen LogP contribution < -0.4 is 10.5 Å². The van der Waals surface area contributed by atoms with Gasteiger partial charge in [0.25, 0.3) is 0 Å². The molecule has 3 N–H and O–H groups in total. The molecule has 0 amide bonds. The number of aromatic amines is 1. The molecule has 0 bridgehead atoms. The molecule has 3 rings (SSSR count). The number of imidazole rings is 1. The van der Waals surface area contributed by atoms with Gasteiger partial charge >= 0.3 is 0 Å². The second-order valence-corrected chi connectivity index (χ2v) is 6.51. The van der Waals surface area contributed by atoms with Crippen molar-refractivity contribution in [1.82, 2.24) is 9.97 Å². The number of hydrogen-bond acceptors (Lipinski definition) is 4. The van der Waals surface area contributed by atoms with Crippen LogP contribution in [0.5, 0.6) is 5.75 Å². The minimum Gasteiger partial charge on any atom is -0.489 e. The molecule has 0 aliphatic carbocycles. The molecule has 2 aromatic carbocycles. The lowest BCUT2D eigenvalue weighted by Gasteiger charge is -2.11. The normalized spacial score (nSPS) is 12.1. The van der Waals surface area contributed by atoms with Gasteiger partial charge in [-0.25, -0.2) is 26.9 Å². The maximum absolute atomic E-state index is 13.7. The van der Waals surface area contributed by atoms with Crippen LogP contribution in [0.25, 0.3) is 0 Å². The van der Waals surface area contributed by atoms with Crippen LogP contribution in [-0.4, -0.2) is 21.8 Å². The fourth-order valence-corrected chi connectivity index (χ4v) is 2.72. The molecule has 0 fully saturated rings. The van der Waals surface area contributed by atoms with Crippen molar-refractivity contribution in [3.05, 3.63) is 82.7 Å². The first-order chi connectivity index (χ1) is 14.3. The summed E-state index contributed by atoms with van der Waals surface area (Å²) in [5.41, 5.74) is 6.15. The third-order valence-corrected chi connectivity index (χ3v) is 4.39. The third kappa shape index (κ3) is 4.65. The number of hydrogen-bond donors (Lipinski definition) is 2. The monoisotopic (exact) mass is 425 g/mol. The summed E-state index contributed by atoms with van der Waals surface area (Å²) in [6, 6.07) is 5.17. The van der Waals surface area contributed by atoms with Crippen molar-refractivity contribution >= 4 is 5.78 Å². The molecule has 0 unspecified atom stereocenters. The lowest BCUT2D eigenvalue weighted by Crippen LogP contribution is -2.34. The Bertz CT molecular complexity index is 1010. The van der Waals surface area contributed by atoms with Crippen LogP contribution >= 0.6 is 0 Å². The van der Waals surface area contributed by atoms with Crippen LogP contribution in [0.2, 0.25) is 0 Å². The van der Waals surface area contributed by atoms with Gasteiger partial charge in [-0.05, 0) is 17.7 Å². The standard InChI is InChI=1S/C20H16F5N3O2/c21-16-13(17(22)19(24)20(25)18(16)23)8-30-12-3-1-10(2-4-12)5-15(29)14(26)6-11-7-27-9-28-11/h1-4,7,9,14H,5-6,8,26H2,(H,27,28)/t14-/m0/s1. The van der Waals surface area contributed by atoms with Crippen LogP contribution in [0.1, 0.15) is 16.8 Å². The van der Waals surface area contributed by atoms with Gasteiger partial charge in [0.2, 0.25) is 5.82 Å². The zero-order valence-electron chi connectivity index (χ0n) is 15.4. The van der Waals surface area contributed by atoms with Crippen molar-refractivity contribution in [3.8, 4) is 5.75 Å². The van der Waals surface area contributed by atoms with Gasteiger partial charge in [-0.2, -0.15) is 0 Å². The summed E-state index contributed by atoms with van der Waals surface area (Å²) in [5, 5.41) is 0. The number of halogens is 5. The molecule has 0 saturated heterocycles. The molecule has 0 saturated carbocycles. The Labute approximate surface area is 167 Å². The number of carbonyl (C=O) groups is 1. The molecule has 0 aliphatic rings. The first kappa shape index (κ1) is 21.4. The fraction of sp³-hybridized carbons (Fsp3) is 0.200. The van der Waals surface area contributed by atoms with Gasteiger partial charge in [-0.15, -0.1) is 0 Å². The number of nitrogens with one attached hydrogen (secondary N) is 1. The number of aromatic nitrogens is 2. The summed E-state index contributed by atoms with van der Waals surface area (Å²) < 4.78 is 72.0. The zero-order chi connectivity index (χ0) is 21.8. The van der Waals surface area contributed by atoms with Gasteiger partial charge in [0.15, 0.2) is 29.1 Å². The first-order valence-electron chi connectivity index (χ1n) is 8.75. The molecule has 1 atom stereocenters. The molecule has 10 heteroatoms. The molecule has 0 aliphatic heterocycles. The number of Topliss-reactive ketones (excluding diaryl/α,β-unsaturated/α-hetero) is 1. The lowest BCUT2D eigenvalue weighted by atomic mass is 10.0. The second kappa shape index (κ2) is 9.04. The van der Waals surface area contributed by atoms with Crippen molar-refractivity contribution in [3.63, 3.8) is 0 Å². The van der Waals surface area contributed by atoms with Gasteiger partial charge in [-0.3, -0.25) is 4.79 Å². The molecular formula is C20H16F5N3O2. The SMILES string of the molecule is N[C@@H](Cc1cnc[nH]1)C(=O)Cc1ccc(OCc2c(F)c(F)c(F)c(F)c2F)cc1. The predicted molar refractivity (Wildman–Crippen MR) is 96.0 cm³/mol. The van der Waals surface area contributed by atoms with Crippen LogP contribution in [0.3, 0.4) is 0 Å². The summed E-state index contributed by atoms with van der Waals surface area (Å²) in [7, 11) is 0. The van der Waals surface area contributed by atoms with E-state index >= 15 is 0 Å². The topological polar surface area (TPSA) is 81.0 Å². The summed E-state index contributed by atoms with van der Waals surface area (Å²) >= 11 is 0. The van der Waals surface area contributed by atoms with E-state index in [1.165, 1.54) is 30.6 Å². The summed E-state index contributed by atoms with van der Waals surface area (Å²) in [6.07, 6.45) is 3.41. The van der Waals surface area contributed by atoms with E-state index < -0.39 is 47.3 Å². The number of benzene rings is 2.